The maximum atomic E-state index is 13.0. The van der Waals surface area contributed by atoms with Gasteiger partial charge in [0.25, 0.3) is 0 Å². The second-order valence-electron chi connectivity index (χ2n) is 6.37. The normalized spacial score (nSPS) is 12.8. The van der Waals surface area contributed by atoms with Crippen LogP contribution in [0.15, 0.2) is 51.8 Å². The fourth-order valence-electron chi connectivity index (χ4n) is 2.67. The number of hydrogen-bond donors (Lipinski definition) is 1. The molecule has 0 aliphatic carbocycles. The first-order valence-electron chi connectivity index (χ1n) is 8.26. The number of benzene rings is 2. The first kappa shape index (κ1) is 20.7. The number of rotatable bonds is 8. The fourth-order valence-corrected chi connectivity index (χ4v) is 4.62. The van der Waals surface area contributed by atoms with E-state index in [0.29, 0.717) is 22.6 Å². The maximum Gasteiger partial charge on any atom is 0.244 e. The Labute approximate surface area is 163 Å². The highest BCUT2D eigenvalue weighted by atomic mass is 79.9. The van der Waals surface area contributed by atoms with Gasteiger partial charge >= 0.3 is 0 Å². The van der Waals surface area contributed by atoms with Gasteiger partial charge in [-0.15, -0.1) is 0 Å². The van der Waals surface area contributed by atoms with Crippen LogP contribution in [0.2, 0.25) is 0 Å². The quantitative estimate of drug-likeness (QED) is 0.653. The van der Waals surface area contributed by atoms with Gasteiger partial charge in [0.05, 0.1) is 14.2 Å². The molecule has 0 aliphatic heterocycles. The summed E-state index contributed by atoms with van der Waals surface area (Å²) in [6, 6.07) is 12.0. The summed E-state index contributed by atoms with van der Waals surface area (Å²) in [7, 11) is -0.715. The molecule has 2 aromatic carbocycles. The third-order valence-electron chi connectivity index (χ3n) is 3.94. The summed E-state index contributed by atoms with van der Waals surface area (Å²) in [5, 5.41) is 0. The summed E-state index contributed by atoms with van der Waals surface area (Å²) in [6.45, 7) is 4.12. The Morgan fingerprint density at radius 1 is 1.04 bits per heavy atom. The van der Waals surface area contributed by atoms with E-state index in [1.807, 2.05) is 24.3 Å². The van der Waals surface area contributed by atoms with Crippen LogP contribution in [0.5, 0.6) is 11.5 Å². The van der Waals surface area contributed by atoms with E-state index in [9.17, 15) is 8.42 Å². The summed E-state index contributed by atoms with van der Waals surface area (Å²) in [5.74, 6) is 1.35. The van der Waals surface area contributed by atoms with Crippen molar-refractivity contribution in [3.63, 3.8) is 0 Å². The molecule has 26 heavy (non-hydrogen) atoms. The number of hydrogen-bond acceptors (Lipinski definition) is 4. The van der Waals surface area contributed by atoms with Crippen LogP contribution in [0.4, 0.5) is 0 Å². The van der Waals surface area contributed by atoms with Gasteiger partial charge < -0.3 is 9.47 Å². The van der Waals surface area contributed by atoms with Gasteiger partial charge in [-0.25, -0.2) is 13.1 Å². The molecule has 0 heterocycles. The second kappa shape index (κ2) is 8.88. The van der Waals surface area contributed by atoms with E-state index >= 15 is 0 Å². The highest BCUT2D eigenvalue weighted by molar-refractivity contribution is 9.10. The van der Waals surface area contributed by atoms with Gasteiger partial charge in [-0.05, 0) is 48.2 Å². The first-order chi connectivity index (χ1) is 12.3. The van der Waals surface area contributed by atoms with Gasteiger partial charge in [0.15, 0.2) is 0 Å². The molecule has 0 amide bonds. The SMILES string of the molecule is COc1ccc(C(CC(C)C)NS(=O)(=O)c2cc(Br)ccc2OC)cc1. The van der Waals surface area contributed by atoms with Gasteiger partial charge in [0, 0.05) is 10.5 Å². The first-order valence-corrected chi connectivity index (χ1v) is 10.5. The summed E-state index contributed by atoms with van der Waals surface area (Å²) >= 11 is 3.32. The standard InChI is InChI=1S/C19H24BrNO4S/c1-13(2)11-17(14-5-8-16(24-3)9-6-14)21-26(22,23)19-12-15(20)7-10-18(19)25-4/h5-10,12-13,17,21H,11H2,1-4H3. The Hall–Kier alpha value is -1.57. The number of ether oxygens (including phenoxy) is 2. The highest BCUT2D eigenvalue weighted by Crippen LogP contribution is 2.30. The lowest BCUT2D eigenvalue weighted by Gasteiger charge is -2.22. The van der Waals surface area contributed by atoms with Gasteiger partial charge in [0.2, 0.25) is 10.0 Å². The predicted octanol–water partition coefficient (Wildman–Crippen LogP) is 4.53. The van der Waals surface area contributed by atoms with Crippen LogP contribution < -0.4 is 14.2 Å². The lowest BCUT2D eigenvalue weighted by Crippen LogP contribution is -2.30. The second-order valence-corrected chi connectivity index (χ2v) is 8.97. The van der Waals surface area contributed by atoms with Crippen molar-refractivity contribution in [2.75, 3.05) is 14.2 Å². The molecule has 0 fully saturated rings. The topological polar surface area (TPSA) is 64.6 Å². The summed E-state index contributed by atoms with van der Waals surface area (Å²) < 4.78 is 39.9. The summed E-state index contributed by atoms with van der Waals surface area (Å²) in [5.41, 5.74) is 0.886. The van der Waals surface area contributed by atoms with Crippen molar-refractivity contribution in [2.45, 2.75) is 31.2 Å². The van der Waals surface area contributed by atoms with Crippen LogP contribution in [0.25, 0.3) is 0 Å². The van der Waals surface area contributed by atoms with Crippen LogP contribution in [0.3, 0.4) is 0 Å². The monoisotopic (exact) mass is 441 g/mol. The molecular formula is C19H24BrNO4S. The number of halogens is 1. The van der Waals surface area contributed by atoms with Crippen molar-refractivity contribution in [2.24, 2.45) is 5.92 Å². The third kappa shape index (κ3) is 5.22. The Morgan fingerprint density at radius 2 is 1.69 bits per heavy atom. The van der Waals surface area contributed by atoms with Crippen molar-refractivity contribution in [3.8, 4) is 11.5 Å². The highest BCUT2D eigenvalue weighted by Gasteiger charge is 2.25. The van der Waals surface area contributed by atoms with Gasteiger partial charge in [-0.3, -0.25) is 0 Å². The molecule has 0 saturated heterocycles. The van der Waals surface area contributed by atoms with Gasteiger partial charge in [-0.1, -0.05) is 41.9 Å². The zero-order valence-corrected chi connectivity index (χ0v) is 17.7. The van der Waals surface area contributed by atoms with Gasteiger partial charge in [0.1, 0.15) is 16.4 Å². The molecule has 1 unspecified atom stereocenters. The lowest BCUT2D eigenvalue weighted by molar-refractivity contribution is 0.401. The molecule has 0 bridgehead atoms. The Balaban J connectivity index is 2.39. The molecule has 0 aromatic heterocycles. The van der Waals surface area contributed by atoms with Crippen LogP contribution in [0, 0.1) is 5.92 Å². The molecular weight excluding hydrogens is 418 g/mol. The van der Waals surface area contributed by atoms with E-state index in [4.69, 9.17) is 9.47 Å². The predicted molar refractivity (Wildman–Crippen MR) is 106 cm³/mol. The minimum Gasteiger partial charge on any atom is -0.497 e. The summed E-state index contributed by atoms with van der Waals surface area (Å²) in [4.78, 5) is 0.108. The maximum absolute atomic E-state index is 13.0. The Bertz CT molecular complexity index is 835. The van der Waals surface area contributed by atoms with Crippen LogP contribution >= 0.6 is 15.9 Å². The van der Waals surface area contributed by atoms with Gasteiger partial charge in [-0.2, -0.15) is 0 Å². The third-order valence-corrected chi connectivity index (χ3v) is 5.92. The molecule has 0 saturated carbocycles. The largest absolute Gasteiger partial charge is 0.497 e. The molecule has 2 rings (SSSR count). The Morgan fingerprint density at radius 3 is 2.23 bits per heavy atom. The van der Waals surface area contributed by atoms with Crippen LogP contribution in [-0.2, 0) is 10.0 Å². The zero-order valence-electron chi connectivity index (χ0n) is 15.3. The average Bonchev–Trinajstić information content (AvgIpc) is 2.60. The van der Waals surface area contributed by atoms with E-state index in [0.717, 1.165) is 11.3 Å². The van der Waals surface area contributed by atoms with E-state index < -0.39 is 10.0 Å². The van der Waals surface area contributed by atoms with E-state index in [2.05, 4.69) is 34.5 Å². The molecule has 0 aliphatic rings. The average molecular weight is 442 g/mol. The van der Waals surface area contributed by atoms with Crippen LogP contribution in [0.1, 0.15) is 31.9 Å². The van der Waals surface area contributed by atoms with Crippen molar-refractivity contribution in [3.05, 3.63) is 52.5 Å². The number of nitrogens with one attached hydrogen (secondary N) is 1. The smallest absolute Gasteiger partial charge is 0.244 e. The van der Waals surface area contributed by atoms with Crippen molar-refractivity contribution in [1.82, 2.24) is 4.72 Å². The summed E-state index contributed by atoms with van der Waals surface area (Å²) in [6.07, 6.45) is 0.669. The van der Waals surface area contributed by atoms with Crippen molar-refractivity contribution in [1.29, 1.82) is 0 Å². The number of methoxy groups -OCH3 is 2. The molecule has 1 atom stereocenters. The molecule has 2 aromatic rings. The lowest BCUT2D eigenvalue weighted by atomic mass is 9.98. The minimum atomic E-state index is -3.77. The van der Waals surface area contributed by atoms with Crippen molar-refractivity contribution >= 4 is 26.0 Å². The molecule has 5 nitrogen and oxygen atoms in total. The van der Waals surface area contributed by atoms with E-state index in [1.165, 1.54) is 7.11 Å². The molecule has 1 N–H and O–H groups in total. The van der Waals surface area contributed by atoms with Crippen LogP contribution in [-0.4, -0.2) is 22.6 Å². The van der Waals surface area contributed by atoms with E-state index in [-0.39, 0.29) is 10.9 Å². The number of sulfonamides is 1. The fraction of sp³-hybridized carbons (Fsp3) is 0.368. The molecule has 7 heteroatoms. The molecule has 0 radical (unpaired) electrons. The van der Waals surface area contributed by atoms with E-state index in [1.54, 1.807) is 25.3 Å². The zero-order chi connectivity index (χ0) is 19.3. The molecule has 0 spiro atoms. The van der Waals surface area contributed by atoms with Crippen molar-refractivity contribution < 1.29 is 17.9 Å². The molecule has 142 valence electrons. The minimum absolute atomic E-state index is 0.108. The Kier molecular flexibility index (Phi) is 7.08.